The van der Waals surface area contributed by atoms with Gasteiger partial charge in [0.1, 0.15) is 6.61 Å². The Kier molecular flexibility index (Phi) is 8.79. The van der Waals surface area contributed by atoms with Crippen LogP contribution in [-0.2, 0) is 14.3 Å². The molecule has 1 aliphatic rings. The lowest BCUT2D eigenvalue weighted by Gasteiger charge is -2.32. The number of nitrogens with zero attached hydrogens (tertiary/aromatic N) is 1. The molecule has 1 aliphatic heterocycles. The van der Waals surface area contributed by atoms with Crippen LogP contribution < -0.4 is 5.32 Å². The highest BCUT2D eigenvalue weighted by Crippen LogP contribution is 2.16. The Hall–Kier alpha value is -0.650. The number of piperidine rings is 1. The van der Waals surface area contributed by atoms with Crippen molar-refractivity contribution in [1.82, 2.24) is 10.2 Å². The highest BCUT2D eigenvalue weighted by Gasteiger charge is 2.22. The van der Waals surface area contributed by atoms with Gasteiger partial charge in [-0.05, 0) is 38.8 Å². The average molecular weight is 272 g/mol. The third kappa shape index (κ3) is 6.89. The van der Waals surface area contributed by atoms with E-state index in [1.54, 1.807) is 0 Å². The standard InChI is InChI=1S/C14H28N2O3/c1-3-15-11-13-5-7-16(8-6-13)14(17)12-19-10-9-18-4-2/h13,15H,3-12H2,1-2H3. The number of rotatable bonds is 9. The van der Waals surface area contributed by atoms with E-state index in [0.717, 1.165) is 39.0 Å². The van der Waals surface area contributed by atoms with E-state index in [2.05, 4.69) is 12.2 Å². The fraction of sp³-hybridized carbons (Fsp3) is 0.929. The van der Waals surface area contributed by atoms with Crippen LogP contribution in [0.1, 0.15) is 26.7 Å². The quantitative estimate of drug-likeness (QED) is 0.633. The maximum Gasteiger partial charge on any atom is 0.248 e. The van der Waals surface area contributed by atoms with E-state index < -0.39 is 0 Å². The predicted octanol–water partition coefficient (Wildman–Crippen LogP) is 0.888. The minimum atomic E-state index is 0.110. The molecule has 1 heterocycles. The highest BCUT2D eigenvalue weighted by molar-refractivity contribution is 5.77. The third-order valence-electron chi connectivity index (χ3n) is 3.45. The Morgan fingerprint density at radius 1 is 1.21 bits per heavy atom. The minimum Gasteiger partial charge on any atom is -0.379 e. The summed E-state index contributed by atoms with van der Waals surface area (Å²) in [4.78, 5) is 13.8. The lowest BCUT2D eigenvalue weighted by molar-refractivity contribution is -0.138. The normalized spacial score (nSPS) is 16.8. The predicted molar refractivity (Wildman–Crippen MR) is 75.2 cm³/mol. The van der Waals surface area contributed by atoms with Crippen molar-refractivity contribution in [1.29, 1.82) is 0 Å². The van der Waals surface area contributed by atoms with Gasteiger partial charge in [-0.1, -0.05) is 6.92 Å². The lowest BCUT2D eigenvalue weighted by Crippen LogP contribution is -2.42. The van der Waals surface area contributed by atoms with Gasteiger partial charge >= 0.3 is 0 Å². The zero-order valence-corrected chi connectivity index (χ0v) is 12.3. The molecule has 1 rings (SSSR count). The third-order valence-corrected chi connectivity index (χ3v) is 3.45. The minimum absolute atomic E-state index is 0.110. The molecule has 0 spiro atoms. The molecule has 19 heavy (non-hydrogen) atoms. The van der Waals surface area contributed by atoms with Crippen LogP contribution in [-0.4, -0.2) is 63.4 Å². The molecular formula is C14H28N2O3. The Morgan fingerprint density at radius 3 is 2.53 bits per heavy atom. The number of ether oxygens (including phenoxy) is 2. The summed E-state index contributed by atoms with van der Waals surface area (Å²) >= 11 is 0. The van der Waals surface area contributed by atoms with Gasteiger partial charge in [-0.25, -0.2) is 0 Å². The Bertz CT molecular complexity index is 241. The van der Waals surface area contributed by atoms with E-state index in [-0.39, 0.29) is 12.5 Å². The van der Waals surface area contributed by atoms with E-state index in [4.69, 9.17) is 9.47 Å². The summed E-state index contributed by atoms with van der Waals surface area (Å²) in [6, 6.07) is 0. The molecule has 112 valence electrons. The summed E-state index contributed by atoms with van der Waals surface area (Å²) in [6.07, 6.45) is 2.19. The number of likely N-dealkylation sites (tertiary alicyclic amines) is 1. The summed E-state index contributed by atoms with van der Waals surface area (Å²) < 4.78 is 10.5. The highest BCUT2D eigenvalue weighted by atomic mass is 16.5. The summed E-state index contributed by atoms with van der Waals surface area (Å²) in [5.74, 6) is 0.821. The van der Waals surface area contributed by atoms with Crippen molar-refractivity contribution in [3.8, 4) is 0 Å². The van der Waals surface area contributed by atoms with Crippen LogP contribution in [0, 0.1) is 5.92 Å². The second-order valence-corrected chi connectivity index (χ2v) is 4.88. The molecule has 1 N–H and O–H groups in total. The second kappa shape index (κ2) is 10.2. The first kappa shape index (κ1) is 16.4. The number of nitrogens with one attached hydrogen (secondary N) is 1. The van der Waals surface area contributed by atoms with Gasteiger partial charge in [0.25, 0.3) is 0 Å². The number of hydrogen-bond donors (Lipinski definition) is 1. The van der Waals surface area contributed by atoms with E-state index in [1.165, 1.54) is 0 Å². The molecule has 0 atom stereocenters. The maximum atomic E-state index is 11.9. The van der Waals surface area contributed by atoms with E-state index in [0.29, 0.717) is 25.7 Å². The summed E-state index contributed by atoms with van der Waals surface area (Å²) in [6.45, 7) is 9.83. The zero-order valence-electron chi connectivity index (χ0n) is 12.3. The summed E-state index contributed by atoms with van der Waals surface area (Å²) in [5.41, 5.74) is 0. The molecule has 0 saturated carbocycles. The number of amides is 1. The molecular weight excluding hydrogens is 244 g/mol. The van der Waals surface area contributed by atoms with Gasteiger partial charge < -0.3 is 19.7 Å². The van der Waals surface area contributed by atoms with Crippen LogP contribution >= 0.6 is 0 Å². The van der Waals surface area contributed by atoms with Gasteiger partial charge in [-0.2, -0.15) is 0 Å². The van der Waals surface area contributed by atoms with Gasteiger partial charge in [-0.3, -0.25) is 4.79 Å². The molecule has 0 bridgehead atoms. The number of hydrogen-bond acceptors (Lipinski definition) is 4. The first-order valence-corrected chi connectivity index (χ1v) is 7.41. The molecule has 0 unspecified atom stereocenters. The Balaban J connectivity index is 2.07. The molecule has 0 radical (unpaired) electrons. The maximum absolute atomic E-state index is 11.9. The van der Waals surface area contributed by atoms with Crippen molar-refractivity contribution < 1.29 is 14.3 Å². The van der Waals surface area contributed by atoms with Crippen molar-refractivity contribution in [2.75, 3.05) is 52.6 Å². The van der Waals surface area contributed by atoms with Crippen LogP contribution in [0.5, 0.6) is 0 Å². The van der Waals surface area contributed by atoms with Crippen molar-refractivity contribution in [2.24, 2.45) is 5.92 Å². The van der Waals surface area contributed by atoms with Gasteiger partial charge in [-0.15, -0.1) is 0 Å². The molecule has 1 amide bonds. The molecule has 0 aromatic rings. The van der Waals surface area contributed by atoms with Crippen LogP contribution in [0.3, 0.4) is 0 Å². The second-order valence-electron chi connectivity index (χ2n) is 4.88. The Labute approximate surface area is 116 Å². The number of carbonyl (C=O) groups is 1. The van der Waals surface area contributed by atoms with Crippen LogP contribution in [0.15, 0.2) is 0 Å². The topological polar surface area (TPSA) is 50.8 Å². The number of carbonyl (C=O) groups excluding carboxylic acids is 1. The first-order chi connectivity index (χ1) is 9.27. The molecule has 1 fully saturated rings. The van der Waals surface area contributed by atoms with Crippen LogP contribution in [0.2, 0.25) is 0 Å². The van der Waals surface area contributed by atoms with Crippen molar-refractivity contribution in [3.05, 3.63) is 0 Å². The molecule has 5 heteroatoms. The smallest absolute Gasteiger partial charge is 0.248 e. The SMILES string of the molecule is CCNCC1CCN(C(=O)COCCOCC)CC1. The van der Waals surface area contributed by atoms with E-state index in [9.17, 15) is 4.79 Å². The fourth-order valence-corrected chi connectivity index (χ4v) is 2.25. The average Bonchev–Trinajstić information content (AvgIpc) is 2.45. The van der Waals surface area contributed by atoms with Crippen molar-refractivity contribution >= 4 is 5.91 Å². The van der Waals surface area contributed by atoms with Gasteiger partial charge in [0.05, 0.1) is 13.2 Å². The van der Waals surface area contributed by atoms with Crippen LogP contribution in [0.4, 0.5) is 0 Å². The molecule has 1 saturated heterocycles. The summed E-state index contributed by atoms with van der Waals surface area (Å²) in [7, 11) is 0. The molecule has 0 aliphatic carbocycles. The van der Waals surface area contributed by atoms with Crippen molar-refractivity contribution in [2.45, 2.75) is 26.7 Å². The van der Waals surface area contributed by atoms with Gasteiger partial charge in [0.2, 0.25) is 5.91 Å². The van der Waals surface area contributed by atoms with E-state index >= 15 is 0 Å². The van der Waals surface area contributed by atoms with Crippen molar-refractivity contribution in [3.63, 3.8) is 0 Å². The van der Waals surface area contributed by atoms with Crippen LogP contribution in [0.25, 0.3) is 0 Å². The van der Waals surface area contributed by atoms with Gasteiger partial charge in [0.15, 0.2) is 0 Å². The van der Waals surface area contributed by atoms with Gasteiger partial charge in [0, 0.05) is 19.7 Å². The molecule has 5 nitrogen and oxygen atoms in total. The largest absolute Gasteiger partial charge is 0.379 e. The lowest BCUT2D eigenvalue weighted by atomic mass is 9.97. The monoisotopic (exact) mass is 272 g/mol. The Morgan fingerprint density at radius 2 is 1.89 bits per heavy atom. The molecule has 0 aromatic carbocycles. The first-order valence-electron chi connectivity index (χ1n) is 7.41. The van der Waals surface area contributed by atoms with E-state index in [1.807, 2.05) is 11.8 Å². The zero-order chi connectivity index (χ0) is 13.9. The fourth-order valence-electron chi connectivity index (χ4n) is 2.25. The summed E-state index contributed by atoms with van der Waals surface area (Å²) in [5, 5.41) is 3.37. The molecule has 0 aromatic heterocycles.